The molecule has 2 aliphatic heterocycles. The number of hydrogen-bond donors (Lipinski definition) is 0. The predicted molar refractivity (Wildman–Crippen MR) is 79.3 cm³/mol. The lowest BCUT2D eigenvalue weighted by Crippen LogP contribution is -2.48. The second-order valence-corrected chi connectivity index (χ2v) is 5.42. The van der Waals surface area contributed by atoms with Crippen LogP contribution < -0.4 is 4.90 Å². The normalized spacial score (nSPS) is 21.8. The first-order chi connectivity index (χ1) is 10.7. The van der Waals surface area contributed by atoms with Gasteiger partial charge in [-0.25, -0.2) is 0 Å². The van der Waals surface area contributed by atoms with Gasteiger partial charge in [0.1, 0.15) is 6.04 Å². The molecule has 1 aromatic carbocycles. The van der Waals surface area contributed by atoms with Crippen LogP contribution in [0.4, 0.5) is 5.69 Å². The van der Waals surface area contributed by atoms with E-state index < -0.39 is 6.04 Å². The first kappa shape index (κ1) is 14.5. The molecule has 3 rings (SSSR count). The Morgan fingerprint density at radius 2 is 2.23 bits per heavy atom. The van der Waals surface area contributed by atoms with Crippen molar-refractivity contribution in [3.05, 3.63) is 29.8 Å². The maximum atomic E-state index is 12.6. The molecule has 0 unspecified atom stereocenters. The van der Waals surface area contributed by atoms with Gasteiger partial charge in [0.15, 0.2) is 0 Å². The highest BCUT2D eigenvalue weighted by Gasteiger charge is 2.29. The van der Waals surface area contributed by atoms with Gasteiger partial charge in [0.05, 0.1) is 19.3 Å². The SMILES string of the molecule is N#C[C@@H]1COCCN1C(=O)c1cccc(N2CCCC2=O)c1. The highest BCUT2D eigenvalue weighted by atomic mass is 16.5. The third-order valence-electron chi connectivity index (χ3n) is 4.02. The van der Waals surface area contributed by atoms with E-state index in [1.165, 1.54) is 4.90 Å². The number of anilines is 1. The second kappa shape index (κ2) is 6.16. The van der Waals surface area contributed by atoms with E-state index in [4.69, 9.17) is 10.00 Å². The van der Waals surface area contributed by atoms with Crippen molar-refractivity contribution in [1.82, 2.24) is 4.90 Å². The van der Waals surface area contributed by atoms with Crippen molar-refractivity contribution >= 4 is 17.5 Å². The van der Waals surface area contributed by atoms with E-state index in [9.17, 15) is 9.59 Å². The summed E-state index contributed by atoms with van der Waals surface area (Å²) in [4.78, 5) is 27.7. The van der Waals surface area contributed by atoms with Gasteiger partial charge in [0.2, 0.25) is 5.91 Å². The predicted octanol–water partition coefficient (Wildman–Crippen LogP) is 1.18. The fourth-order valence-electron chi connectivity index (χ4n) is 2.85. The van der Waals surface area contributed by atoms with Gasteiger partial charge < -0.3 is 14.5 Å². The minimum absolute atomic E-state index is 0.0888. The summed E-state index contributed by atoms with van der Waals surface area (Å²) in [6, 6.07) is 8.60. The quantitative estimate of drug-likeness (QED) is 0.822. The third-order valence-corrected chi connectivity index (χ3v) is 4.02. The number of hydrogen-bond acceptors (Lipinski definition) is 4. The van der Waals surface area contributed by atoms with Crippen LogP contribution in [0.15, 0.2) is 24.3 Å². The van der Waals surface area contributed by atoms with Gasteiger partial charge in [-0.1, -0.05) is 6.07 Å². The lowest BCUT2D eigenvalue weighted by molar-refractivity contribution is -0.117. The Labute approximate surface area is 128 Å². The van der Waals surface area contributed by atoms with E-state index in [1.54, 1.807) is 23.1 Å². The number of morpholine rings is 1. The fourth-order valence-corrected chi connectivity index (χ4v) is 2.85. The molecule has 2 saturated heterocycles. The average Bonchev–Trinajstić information content (AvgIpc) is 3.00. The average molecular weight is 299 g/mol. The maximum Gasteiger partial charge on any atom is 0.255 e. The molecule has 0 saturated carbocycles. The van der Waals surface area contributed by atoms with Crippen molar-refractivity contribution < 1.29 is 14.3 Å². The molecule has 0 N–H and O–H groups in total. The van der Waals surface area contributed by atoms with Crippen LogP contribution >= 0.6 is 0 Å². The van der Waals surface area contributed by atoms with Crippen molar-refractivity contribution in [2.45, 2.75) is 18.9 Å². The summed E-state index contributed by atoms with van der Waals surface area (Å²) in [6.45, 7) is 1.78. The van der Waals surface area contributed by atoms with E-state index in [0.717, 1.165) is 12.1 Å². The molecule has 6 nitrogen and oxygen atoms in total. The number of carbonyl (C=O) groups excluding carboxylic acids is 2. The zero-order valence-corrected chi connectivity index (χ0v) is 12.2. The van der Waals surface area contributed by atoms with E-state index in [1.807, 2.05) is 6.07 Å². The summed E-state index contributed by atoms with van der Waals surface area (Å²) < 4.78 is 5.24. The van der Waals surface area contributed by atoms with Crippen LogP contribution in [0.5, 0.6) is 0 Å². The highest BCUT2D eigenvalue weighted by Crippen LogP contribution is 2.23. The monoisotopic (exact) mass is 299 g/mol. The molecule has 0 spiro atoms. The van der Waals surface area contributed by atoms with E-state index in [-0.39, 0.29) is 18.4 Å². The number of benzene rings is 1. The third kappa shape index (κ3) is 2.68. The summed E-state index contributed by atoms with van der Waals surface area (Å²) in [6.07, 6.45) is 1.40. The Hall–Kier alpha value is -2.39. The van der Waals surface area contributed by atoms with Gasteiger partial charge in [-0.2, -0.15) is 5.26 Å². The van der Waals surface area contributed by atoms with Crippen LogP contribution in [-0.2, 0) is 9.53 Å². The van der Waals surface area contributed by atoms with Gasteiger partial charge in [-0.15, -0.1) is 0 Å². The lowest BCUT2D eigenvalue weighted by atomic mass is 10.1. The van der Waals surface area contributed by atoms with E-state index in [2.05, 4.69) is 6.07 Å². The first-order valence-corrected chi connectivity index (χ1v) is 7.39. The summed E-state index contributed by atoms with van der Waals surface area (Å²) in [5, 5.41) is 9.14. The van der Waals surface area contributed by atoms with E-state index >= 15 is 0 Å². The Kier molecular flexibility index (Phi) is 4.07. The van der Waals surface area contributed by atoms with Crippen LogP contribution in [0.2, 0.25) is 0 Å². The molecule has 2 heterocycles. The molecule has 1 aromatic rings. The highest BCUT2D eigenvalue weighted by molar-refractivity contribution is 5.99. The number of ether oxygens (including phenoxy) is 1. The van der Waals surface area contributed by atoms with Crippen molar-refractivity contribution in [2.75, 3.05) is 31.2 Å². The van der Waals surface area contributed by atoms with Crippen molar-refractivity contribution in [3.8, 4) is 6.07 Å². The molecular formula is C16H17N3O3. The smallest absolute Gasteiger partial charge is 0.255 e. The standard InChI is InChI=1S/C16H17N3O3/c17-10-14-11-22-8-7-19(14)16(21)12-3-1-4-13(9-12)18-6-2-5-15(18)20/h1,3-4,9,14H,2,5-8,11H2/t14-/m1/s1. The number of nitrogens with zero attached hydrogens (tertiary/aromatic N) is 3. The van der Waals surface area contributed by atoms with Crippen molar-refractivity contribution in [1.29, 1.82) is 5.26 Å². The van der Waals surface area contributed by atoms with Gasteiger partial charge in [-0.05, 0) is 24.6 Å². The Morgan fingerprint density at radius 3 is 2.95 bits per heavy atom. The van der Waals surface area contributed by atoms with Crippen LogP contribution in [0.25, 0.3) is 0 Å². The lowest BCUT2D eigenvalue weighted by Gasteiger charge is -2.31. The summed E-state index contributed by atoms with van der Waals surface area (Å²) in [5.41, 5.74) is 1.24. The van der Waals surface area contributed by atoms with Crippen LogP contribution in [0, 0.1) is 11.3 Å². The number of amides is 2. The Morgan fingerprint density at radius 1 is 1.36 bits per heavy atom. The number of nitriles is 1. The summed E-state index contributed by atoms with van der Waals surface area (Å²) in [5.74, 6) is -0.103. The zero-order chi connectivity index (χ0) is 15.5. The molecule has 0 aromatic heterocycles. The summed E-state index contributed by atoms with van der Waals surface area (Å²) in [7, 11) is 0. The molecule has 22 heavy (non-hydrogen) atoms. The molecule has 6 heteroatoms. The molecule has 1 atom stereocenters. The van der Waals surface area contributed by atoms with Crippen molar-refractivity contribution in [2.24, 2.45) is 0 Å². The van der Waals surface area contributed by atoms with Gasteiger partial charge in [-0.3, -0.25) is 9.59 Å². The van der Waals surface area contributed by atoms with Crippen molar-refractivity contribution in [3.63, 3.8) is 0 Å². The molecule has 2 aliphatic rings. The molecule has 114 valence electrons. The molecule has 0 aliphatic carbocycles. The minimum Gasteiger partial charge on any atom is -0.376 e. The number of rotatable bonds is 2. The topological polar surface area (TPSA) is 73.6 Å². The summed E-state index contributed by atoms with van der Waals surface area (Å²) >= 11 is 0. The Bertz CT molecular complexity index is 638. The minimum atomic E-state index is -0.557. The van der Waals surface area contributed by atoms with Gasteiger partial charge >= 0.3 is 0 Å². The fraction of sp³-hybridized carbons (Fsp3) is 0.438. The molecule has 0 radical (unpaired) electrons. The maximum absolute atomic E-state index is 12.6. The van der Waals surface area contributed by atoms with Crippen LogP contribution in [0.1, 0.15) is 23.2 Å². The molecule has 2 fully saturated rings. The zero-order valence-electron chi connectivity index (χ0n) is 12.2. The molecular weight excluding hydrogens is 282 g/mol. The van der Waals surface area contributed by atoms with E-state index in [0.29, 0.717) is 31.7 Å². The van der Waals surface area contributed by atoms with Gasteiger partial charge in [0, 0.05) is 30.8 Å². The largest absolute Gasteiger partial charge is 0.376 e. The second-order valence-electron chi connectivity index (χ2n) is 5.42. The number of carbonyl (C=O) groups is 2. The van der Waals surface area contributed by atoms with Crippen LogP contribution in [0.3, 0.4) is 0 Å². The molecule has 2 amide bonds. The molecule has 0 bridgehead atoms. The van der Waals surface area contributed by atoms with Gasteiger partial charge in [0.25, 0.3) is 5.91 Å². The van der Waals surface area contributed by atoms with Crippen LogP contribution in [-0.4, -0.2) is 49.1 Å². The first-order valence-electron chi connectivity index (χ1n) is 7.39. The Balaban J connectivity index is 1.84.